The molecule has 1 aliphatic rings. The van der Waals surface area contributed by atoms with Crippen LogP contribution in [0.3, 0.4) is 0 Å². The second-order valence-corrected chi connectivity index (χ2v) is 18.0. The van der Waals surface area contributed by atoms with Crippen molar-refractivity contribution in [2.24, 2.45) is 0 Å². The first kappa shape index (κ1) is 30.3. The molecule has 191 valence electrons. The van der Waals surface area contributed by atoms with Crippen LogP contribution in [0.15, 0.2) is 24.3 Å². The van der Waals surface area contributed by atoms with E-state index in [9.17, 15) is 0 Å². The van der Waals surface area contributed by atoms with Crippen LogP contribution in [0.2, 0.25) is 0 Å². The quantitative estimate of drug-likeness (QED) is 0.290. The molecular formula is C29H44BrCoNP2. The van der Waals surface area contributed by atoms with Gasteiger partial charge in [0.1, 0.15) is 0 Å². The van der Waals surface area contributed by atoms with Crippen molar-refractivity contribution in [3.05, 3.63) is 51.8 Å². The van der Waals surface area contributed by atoms with Crippen molar-refractivity contribution in [2.45, 2.75) is 111 Å². The fraction of sp³-hybridized carbons (Fsp3) is 0.586. The monoisotopic (exact) mass is 606 g/mol. The van der Waals surface area contributed by atoms with Gasteiger partial charge in [-0.15, -0.1) is 11.4 Å². The van der Waals surface area contributed by atoms with Crippen molar-refractivity contribution in [1.29, 1.82) is 0 Å². The van der Waals surface area contributed by atoms with Gasteiger partial charge < -0.3 is 5.32 Å². The van der Waals surface area contributed by atoms with Crippen LogP contribution < -0.4 is 10.6 Å². The van der Waals surface area contributed by atoms with Crippen molar-refractivity contribution in [1.82, 2.24) is 0 Å². The molecule has 2 aromatic rings. The summed E-state index contributed by atoms with van der Waals surface area (Å²) in [6.07, 6.45) is 0. The van der Waals surface area contributed by atoms with Gasteiger partial charge in [0.05, 0.1) is 0 Å². The molecule has 1 nitrogen and oxygen atoms in total. The van der Waals surface area contributed by atoms with Crippen LogP contribution in [-0.4, -0.2) is 22.6 Å². The normalized spacial score (nSPS) is 14.5. The fourth-order valence-corrected chi connectivity index (χ4v) is 11.8. The van der Waals surface area contributed by atoms with E-state index >= 15 is 0 Å². The molecule has 0 saturated heterocycles. The number of fused-ring (bicyclic) bond motifs is 2. The molecule has 1 heterocycles. The summed E-state index contributed by atoms with van der Waals surface area (Å²) in [5, 5.41) is 8.63. The van der Waals surface area contributed by atoms with Crippen LogP contribution in [-0.2, 0) is 19.4 Å². The van der Waals surface area contributed by atoms with E-state index in [0.29, 0.717) is 22.6 Å². The van der Waals surface area contributed by atoms with Crippen LogP contribution in [0.25, 0.3) is 5.32 Å². The molecule has 0 aliphatic carbocycles. The van der Waals surface area contributed by atoms with E-state index in [4.69, 9.17) is 5.32 Å². The molecule has 0 saturated carbocycles. The number of aryl methyl sites for hydroxylation is 2. The Morgan fingerprint density at radius 1 is 0.647 bits per heavy atom. The van der Waals surface area contributed by atoms with Crippen molar-refractivity contribution < 1.29 is 13.9 Å². The van der Waals surface area contributed by atoms with Crippen LogP contribution >= 0.6 is 30.0 Å². The van der Waals surface area contributed by atoms with Gasteiger partial charge in [-0.2, -0.15) is 0 Å². The van der Waals surface area contributed by atoms with Crippen molar-refractivity contribution in [3.63, 3.8) is 0 Å². The summed E-state index contributed by atoms with van der Waals surface area (Å²) in [5.74, 6) is 0. The Morgan fingerprint density at radius 2 is 0.941 bits per heavy atom. The van der Waals surface area contributed by atoms with Crippen molar-refractivity contribution in [2.75, 3.05) is 0 Å². The number of benzene rings is 2. The zero-order chi connectivity index (χ0) is 26.1. The zero-order valence-corrected chi connectivity index (χ0v) is 27.6. The molecule has 0 spiro atoms. The summed E-state index contributed by atoms with van der Waals surface area (Å²) in [6, 6.07) is 9.73. The number of rotatable bonds is 6. The molecule has 3 rings (SSSR count). The molecule has 2 aromatic carbocycles. The molecule has 0 amide bonds. The standard InChI is InChI=1S/C29H44NP2.BrH.Co/c1-17(2)31(18(3)4)25-15-21(9)13-23-27(25)30-28-24(29(23,11)12)14-22(10)16-26(28)32(19(5)6)20(7)8;;/h13-20H,1-12H3;1H;/q-1;;+2/p-1. The summed E-state index contributed by atoms with van der Waals surface area (Å²) in [4.78, 5) is 0. The number of hydrogen-bond acceptors (Lipinski definition) is 0. The first-order valence-corrected chi connectivity index (χ1v) is 18.0. The van der Waals surface area contributed by atoms with Gasteiger partial charge in [-0.3, -0.25) is 0 Å². The maximum atomic E-state index is 5.59. The molecule has 1 aliphatic heterocycles. The van der Waals surface area contributed by atoms with E-state index < -0.39 is 0 Å². The Kier molecular flexibility index (Phi) is 10.8. The van der Waals surface area contributed by atoms with E-state index in [1.54, 1.807) is 0 Å². The Morgan fingerprint density at radius 3 is 1.21 bits per heavy atom. The number of hydrogen-bond donors (Lipinski definition) is 0. The minimum absolute atomic E-state index is 0.0438. The third kappa shape index (κ3) is 5.97. The van der Waals surface area contributed by atoms with Crippen LogP contribution in [0, 0.1) is 13.8 Å². The molecule has 0 atom stereocenters. The average molecular weight is 607 g/mol. The van der Waals surface area contributed by atoms with Gasteiger partial charge in [0.25, 0.3) is 0 Å². The van der Waals surface area contributed by atoms with Crippen molar-refractivity contribution in [3.8, 4) is 0 Å². The number of nitrogens with zero attached hydrogens (tertiary/aromatic N) is 1. The van der Waals surface area contributed by atoms with Gasteiger partial charge in [0.15, 0.2) is 0 Å². The van der Waals surface area contributed by atoms with Gasteiger partial charge in [0.2, 0.25) is 0 Å². The molecule has 0 fully saturated rings. The second kappa shape index (κ2) is 12.1. The van der Waals surface area contributed by atoms with E-state index in [1.807, 2.05) is 0 Å². The third-order valence-corrected chi connectivity index (χ3v) is 13.1. The summed E-state index contributed by atoms with van der Waals surface area (Å²) >= 11 is 6.00. The Labute approximate surface area is 227 Å². The van der Waals surface area contributed by atoms with E-state index in [-0.39, 0.29) is 21.3 Å². The Bertz CT molecular complexity index is 905. The summed E-state index contributed by atoms with van der Waals surface area (Å²) in [5.41, 5.74) is 10.7. The van der Waals surface area contributed by atoms with Gasteiger partial charge in [-0.1, -0.05) is 132 Å². The summed E-state index contributed by atoms with van der Waals surface area (Å²) in [7, 11) is -0.560. The Balaban J connectivity index is 0.00000199. The first-order valence-electron chi connectivity index (χ1n) is 12.5. The van der Waals surface area contributed by atoms with Crippen molar-refractivity contribution >= 4 is 52.0 Å². The van der Waals surface area contributed by atoms with Gasteiger partial charge >= 0.3 is 28.1 Å². The second-order valence-electron chi connectivity index (χ2n) is 11.3. The minimum atomic E-state index is -0.280. The summed E-state index contributed by atoms with van der Waals surface area (Å²) < 4.78 is 0. The summed E-state index contributed by atoms with van der Waals surface area (Å²) in [6.45, 7) is 28.6. The molecule has 5 heteroatoms. The molecule has 0 aromatic heterocycles. The molecule has 0 bridgehead atoms. The van der Waals surface area contributed by atoms with E-state index in [1.165, 1.54) is 44.2 Å². The number of halogens is 1. The molecular weight excluding hydrogens is 563 g/mol. The average Bonchev–Trinajstić information content (AvgIpc) is 2.70. The molecule has 0 radical (unpaired) electrons. The van der Waals surface area contributed by atoms with Gasteiger partial charge in [-0.05, 0) is 47.1 Å². The molecule has 0 unspecified atom stereocenters. The van der Waals surface area contributed by atoms with E-state index in [0.717, 1.165) is 0 Å². The fourth-order valence-electron chi connectivity index (χ4n) is 5.66. The molecule has 0 N–H and O–H groups in total. The first-order chi connectivity index (χ1) is 15.8. The van der Waals surface area contributed by atoms with Gasteiger partial charge in [0, 0.05) is 5.41 Å². The maximum absolute atomic E-state index is 5.59. The van der Waals surface area contributed by atoms with Crippen LogP contribution in [0.4, 0.5) is 11.4 Å². The zero-order valence-electron chi connectivity index (χ0n) is 23.2. The molecule has 34 heavy (non-hydrogen) atoms. The van der Waals surface area contributed by atoms with Crippen LogP contribution in [0.1, 0.15) is 91.5 Å². The van der Waals surface area contributed by atoms with Crippen LogP contribution in [0.5, 0.6) is 0 Å². The Hall–Kier alpha value is 0.0865. The third-order valence-electron chi connectivity index (χ3n) is 6.82. The van der Waals surface area contributed by atoms with E-state index in [2.05, 4.69) is 135 Å². The SMILES string of the molecule is Cc1cc(P(C(C)C)C(C)C)c2c(c1)C(C)(C)c1cc(C)cc(P(C(C)C)C(C)C)c1[N-]2.[Co+][Br]. The predicted molar refractivity (Wildman–Crippen MR) is 160 cm³/mol. The predicted octanol–water partition coefficient (Wildman–Crippen LogP) is 9.97. The topological polar surface area (TPSA) is 14.1 Å². The van der Waals surface area contributed by atoms with Gasteiger partial charge in [-0.25, -0.2) is 0 Å².